The molecule has 2 aromatic carbocycles. The first-order valence-corrected chi connectivity index (χ1v) is 16.9. The standard InChI is InChI=1S/C28H30Cl2N2O3S3/c1-2-19(15-27-31(13-6-14-38(33,34)35)23-17-20(29)9-11-25(23)36-27)16-28-32(22-7-4-3-5-8-22)24-18-21(30)10-12-26(24)37-28/h9-12,15-18,22H,2-8,13-14H2,1H3. The zero-order valence-corrected chi connectivity index (χ0v) is 25.1. The fraction of sp³-hybridized carbons (Fsp3) is 0.393. The molecule has 1 saturated carbocycles. The molecule has 0 spiro atoms. The van der Waals surface area contributed by atoms with Crippen LogP contribution in [0.4, 0.5) is 5.69 Å². The van der Waals surface area contributed by atoms with Crippen LogP contribution < -0.4 is 9.47 Å². The third-order valence-corrected chi connectivity index (χ3v) is 10.5. The van der Waals surface area contributed by atoms with Crippen molar-refractivity contribution in [2.24, 2.45) is 0 Å². The number of halogens is 2. The van der Waals surface area contributed by atoms with Crippen LogP contribution in [-0.2, 0) is 16.7 Å². The van der Waals surface area contributed by atoms with Gasteiger partial charge in [0, 0.05) is 45.3 Å². The molecule has 5 nitrogen and oxygen atoms in total. The Hall–Kier alpha value is -1.55. The highest BCUT2D eigenvalue weighted by Crippen LogP contribution is 2.50. The molecule has 0 radical (unpaired) electrons. The molecule has 202 valence electrons. The minimum Gasteiger partial charge on any atom is -0.748 e. The maximum atomic E-state index is 11.2. The number of anilines is 1. The summed E-state index contributed by atoms with van der Waals surface area (Å²) in [6, 6.07) is 12.4. The van der Waals surface area contributed by atoms with Gasteiger partial charge in [0.25, 0.3) is 5.01 Å². The van der Waals surface area contributed by atoms with Gasteiger partial charge in [-0.05, 0) is 61.2 Å². The Morgan fingerprint density at radius 1 is 1.13 bits per heavy atom. The maximum Gasteiger partial charge on any atom is 0.263 e. The Labute approximate surface area is 242 Å². The smallest absolute Gasteiger partial charge is 0.263 e. The lowest BCUT2D eigenvalue weighted by molar-refractivity contribution is -0.668. The van der Waals surface area contributed by atoms with Crippen LogP contribution in [0.2, 0.25) is 10.0 Å². The third-order valence-electron chi connectivity index (χ3n) is 7.07. The Morgan fingerprint density at radius 2 is 1.87 bits per heavy atom. The number of nitrogens with zero attached hydrogens (tertiary/aromatic N) is 2. The number of rotatable bonds is 8. The van der Waals surface area contributed by atoms with Crippen LogP contribution in [0, 0.1) is 0 Å². The SMILES string of the molecule is CCC(=Cc1sc2ccc(Cl)cc2[n+]1CCCS(=O)(=O)[O-])C=C1Sc2ccc(Cl)cc2N1C1CCCCC1. The van der Waals surface area contributed by atoms with Crippen LogP contribution in [0.1, 0.15) is 56.9 Å². The van der Waals surface area contributed by atoms with Crippen LogP contribution in [-0.4, -0.2) is 24.8 Å². The monoisotopic (exact) mass is 608 g/mol. The second-order valence-corrected chi connectivity index (χ2v) is 14.3. The highest BCUT2D eigenvalue weighted by molar-refractivity contribution is 8.03. The lowest BCUT2D eigenvalue weighted by Crippen LogP contribution is -2.36. The predicted octanol–water partition coefficient (Wildman–Crippen LogP) is 8.01. The summed E-state index contributed by atoms with van der Waals surface area (Å²) in [5.41, 5.74) is 3.32. The van der Waals surface area contributed by atoms with Gasteiger partial charge in [0.05, 0.1) is 20.8 Å². The molecular formula is C28H30Cl2N2O3S3. The summed E-state index contributed by atoms with van der Waals surface area (Å²) in [5, 5.41) is 3.60. The summed E-state index contributed by atoms with van der Waals surface area (Å²) in [6.45, 7) is 2.57. The summed E-state index contributed by atoms with van der Waals surface area (Å²) in [7, 11) is -4.27. The van der Waals surface area contributed by atoms with Gasteiger partial charge < -0.3 is 9.45 Å². The Balaban J connectivity index is 1.53. The number of allylic oxidation sites excluding steroid dienone is 2. The fourth-order valence-electron chi connectivity index (χ4n) is 5.24. The van der Waals surface area contributed by atoms with Crippen molar-refractivity contribution in [2.45, 2.75) is 69.4 Å². The molecule has 38 heavy (non-hydrogen) atoms. The molecule has 2 aliphatic rings. The van der Waals surface area contributed by atoms with Crippen molar-refractivity contribution >= 4 is 78.4 Å². The molecule has 0 atom stereocenters. The van der Waals surface area contributed by atoms with E-state index in [1.807, 2.05) is 24.3 Å². The quantitative estimate of drug-likeness (QED) is 0.191. The van der Waals surface area contributed by atoms with Crippen molar-refractivity contribution < 1.29 is 17.5 Å². The molecule has 1 fully saturated rings. The molecule has 3 aromatic rings. The van der Waals surface area contributed by atoms with Crippen molar-refractivity contribution in [3.63, 3.8) is 0 Å². The van der Waals surface area contributed by atoms with Gasteiger partial charge in [0.2, 0.25) is 5.52 Å². The topological polar surface area (TPSA) is 64.3 Å². The van der Waals surface area contributed by atoms with Crippen LogP contribution in [0.25, 0.3) is 16.3 Å². The minimum atomic E-state index is -4.27. The number of benzene rings is 2. The highest BCUT2D eigenvalue weighted by Gasteiger charge is 2.32. The van der Waals surface area contributed by atoms with E-state index in [0.717, 1.165) is 26.7 Å². The first-order chi connectivity index (χ1) is 18.2. The molecule has 1 aliphatic carbocycles. The van der Waals surface area contributed by atoms with Gasteiger partial charge in [-0.1, -0.05) is 72.5 Å². The van der Waals surface area contributed by atoms with E-state index in [2.05, 4.69) is 40.7 Å². The second-order valence-electron chi connectivity index (χ2n) is 9.75. The zero-order valence-electron chi connectivity index (χ0n) is 21.2. The van der Waals surface area contributed by atoms with Crippen LogP contribution in [0.15, 0.2) is 58.0 Å². The van der Waals surface area contributed by atoms with Gasteiger partial charge in [0.1, 0.15) is 4.70 Å². The summed E-state index contributed by atoms with van der Waals surface area (Å²) in [4.78, 5) is 3.72. The van der Waals surface area contributed by atoms with Gasteiger partial charge in [-0.2, -0.15) is 4.57 Å². The Kier molecular flexibility index (Phi) is 8.77. The van der Waals surface area contributed by atoms with E-state index < -0.39 is 10.1 Å². The molecule has 2 heterocycles. The van der Waals surface area contributed by atoms with Crippen molar-refractivity contribution in [1.82, 2.24) is 0 Å². The van der Waals surface area contributed by atoms with E-state index in [9.17, 15) is 13.0 Å². The molecule has 0 bridgehead atoms. The first-order valence-electron chi connectivity index (χ1n) is 13.0. The number of aromatic nitrogens is 1. The van der Waals surface area contributed by atoms with Gasteiger partial charge in [-0.3, -0.25) is 0 Å². The average molecular weight is 610 g/mol. The van der Waals surface area contributed by atoms with E-state index >= 15 is 0 Å². The van der Waals surface area contributed by atoms with Crippen molar-refractivity contribution in [1.29, 1.82) is 0 Å². The number of thiazole rings is 1. The van der Waals surface area contributed by atoms with E-state index in [1.165, 1.54) is 53.3 Å². The number of hydrogen-bond acceptors (Lipinski definition) is 6. The summed E-state index contributed by atoms with van der Waals surface area (Å²) >= 11 is 16.2. The predicted molar refractivity (Wildman–Crippen MR) is 159 cm³/mol. The largest absolute Gasteiger partial charge is 0.748 e. The van der Waals surface area contributed by atoms with Crippen LogP contribution >= 0.6 is 46.3 Å². The molecule has 1 aliphatic heterocycles. The normalized spacial score (nSPS) is 18.1. The number of hydrogen-bond donors (Lipinski definition) is 0. The minimum absolute atomic E-state index is 0.250. The van der Waals surface area contributed by atoms with E-state index in [-0.39, 0.29) is 12.2 Å². The Morgan fingerprint density at radius 3 is 2.61 bits per heavy atom. The fourth-order valence-corrected chi connectivity index (χ4v) is 8.38. The number of thioether (sulfide) groups is 1. The van der Waals surface area contributed by atoms with Gasteiger partial charge in [-0.15, -0.1) is 0 Å². The third kappa shape index (κ3) is 6.43. The van der Waals surface area contributed by atoms with Crippen molar-refractivity contribution in [2.75, 3.05) is 10.7 Å². The van der Waals surface area contributed by atoms with Crippen molar-refractivity contribution in [3.05, 3.63) is 68.1 Å². The Bertz CT molecular complexity index is 1510. The lowest BCUT2D eigenvalue weighted by Gasteiger charge is -2.33. The molecule has 0 unspecified atom stereocenters. The van der Waals surface area contributed by atoms with Gasteiger partial charge >= 0.3 is 0 Å². The lowest BCUT2D eigenvalue weighted by atomic mass is 9.94. The maximum absolute atomic E-state index is 11.2. The molecule has 0 amide bonds. The van der Waals surface area contributed by atoms with Gasteiger partial charge in [-0.25, -0.2) is 8.42 Å². The highest BCUT2D eigenvalue weighted by atomic mass is 35.5. The summed E-state index contributed by atoms with van der Waals surface area (Å²) in [5.74, 6) is -0.389. The molecule has 1 aromatic heterocycles. The van der Waals surface area contributed by atoms with Crippen LogP contribution in [0.5, 0.6) is 0 Å². The summed E-state index contributed by atoms with van der Waals surface area (Å²) < 4.78 is 36.9. The second kappa shape index (κ2) is 11.9. The molecule has 0 N–H and O–H groups in total. The van der Waals surface area contributed by atoms with E-state index in [1.54, 1.807) is 23.1 Å². The van der Waals surface area contributed by atoms with Gasteiger partial charge in [0.15, 0.2) is 6.54 Å². The molecular weight excluding hydrogens is 579 g/mol. The number of fused-ring (bicyclic) bond motifs is 2. The van der Waals surface area contributed by atoms with E-state index in [0.29, 0.717) is 17.6 Å². The molecule has 5 rings (SSSR count). The van der Waals surface area contributed by atoms with E-state index in [4.69, 9.17) is 23.2 Å². The molecule has 0 saturated heterocycles. The first kappa shape index (κ1) is 28.0. The molecule has 10 heteroatoms. The average Bonchev–Trinajstić information content (AvgIpc) is 3.40. The summed E-state index contributed by atoms with van der Waals surface area (Å²) in [6.07, 6.45) is 11.7. The zero-order chi connectivity index (χ0) is 26.9. The van der Waals surface area contributed by atoms with Crippen molar-refractivity contribution in [3.8, 4) is 0 Å². The number of aryl methyl sites for hydroxylation is 1. The van der Waals surface area contributed by atoms with Crippen LogP contribution in [0.3, 0.4) is 0 Å².